The molecule has 0 saturated carbocycles. The molecule has 0 bridgehead atoms. The Hall–Kier alpha value is -2.18. The van der Waals surface area contributed by atoms with Crippen molar-refractivity contribution in [3.8, 4) is 0 Å². The summed E-state index contributed by atoms with van der Waals surface area (Å²) in [4.78, 5) is 18.6. The number of carbonyl (C=O) groups is 1. The van der Waals surface area contributed by atoms with Crippen molar-refractivity contribution < 1.29 is 9.90 Å². The summed E-state index contributed by atoms with van der Waals surface area (Å²) in [5.74, 6) is 0.374. The smallest absolute Gasteiger partial charge is 0.319 e. The Labute approximate surface area is 141 Å². The summed E-state index contributed by atoms with van der Waals surface area (Å²) < 4.78 is 0. The molecule has 128 valence electrons. The molecule has 2 heterocycles. The normalized spacial score (nSPS) is 18.5. The number of rotatable bonds is 5. The van der Waals surface area contributed by atoms with E-state index >= 15 is 0 Å². The first-order chi connectivity index (χ1) is 11.7. The van der Waals surface area contributed by atoms with Crippen molar-refractivity contribution in [2.75, 3.05) is 38.1 Å². The number of hydrogen-bond acceptors (Lipinski definition) is 4. The molecule has 1 aromatic carbocycles. The average molecular weight is 328 g/mol. The van der Waals surface area contributed by atoms with E-state index in [9.17, 15) is 9.90 Å². The van der Waals surface area contributed by atoms with Crippen LogP contribution in [-0.4, -0.2) is 53.8 Å². The maximum Gasteiger partial charge on any atom is 0.319 e. The number of hydrogen-bond donors (Lipinski definition) is 3. The van der Waals surface area contributed by atoms with Crippen LogP contribution in [0.3, 0.4) is 0 Å². The molecule has 6 nitrogen and oxygen atoms in total. The summed E-state index contributed by atoms with van der Waals surface area (Å²) in [5.41, 5.74) is 1.67. The number of amides is 2. The monoisotopic (exact) mass is 328 g/mol. The maximum atomic E-state index is 12.0. The van der Waals surface area contributed by atoms with E-state index in [1.54, 1.807) is 6.20 Å². The zero-order chi connectivity index (χ0) is 16.8. The van der Waals surface area contributed by atoms with Crippen molar-refractivity contribution in [2.45, 2.75) is 12.8 Å². The van der Waals surface area contributed by atoms with Crippen LogP contribution in [0.15, 0.2) is 36.5 Å². The summed E-state index contributed by atoms with van der Waals surface area (Å²) in [6.07, 6.45) is 3.96. The Bertz CT molecular complexity index is 692. The number of aromatic nitrogens is 1. The van der Waals surface area contributed by atoms with Crippen LogP contribution in [0.4, 0.5) is 10.5 Å². The third-order valence-corrected chi connectivity index (χ3v) is 4.44. The molecule has 2 aromatic rings. The number of likely N-dealkylation sites (tertiary alicyclic amines) is 1. The van der Waals surface area contributed by atoms with Gasteiger partial charge in [0, 0.05) is 43.5 Å². The highest BCUT2D eigenvalue weighted by Crippen LogP contribution is 2.17. The van der Waals surface area contributed by atoms with Crippen LogP contribution in [-0.2, 0) is 0 Å². The first kappa shape index (κ1) is 16.7. The summed E-state index contributed by atoms with van der Waals surface area (Å²) in [6, 6.07) is 9.32. The topological polar surface area (TPSA) is 77.5 Å². The number of carbonyl (C=O) groups excluding carboxylic acids is 1. The molecule has 1 saturated heterocycles. The molecule has 1 unspecified atom stereocenters. The lowest BCUT2D eigenvalue weighted by Crippen LogP contribution is -2.42. The van der Waals surface area contributed by atoms with Gasteiger partial charge in [0.1, 0.15) is 0 Å². The number of urea groups is 1. The molecule has 1 aromatic heterocycles. The fourth-order valence-electron chi connectivity index (χ4n) is 3.16. The summed E-state index contributed by atoms with van der Waals surface area (Å²) in [6.45, 7) is 3.61. The molecule has 3 rings (SSSR count). The first-order valence-electron chi connectivity index (χ1n) is 8.47. The fourth-order valence-corrected chi connectivity index (χ4v) is 3.16. The van der Waals surface area contributed by atoms with E-state index in [-0.39, 0.29) is 12.6 Å². The molecule has 24 heavy (non-hydrogen) atoms. The highest BCUT2D eigenvalue weighted by Gasteiger charge is 2.18. The predicted molar refractivity (Wildman–Crippen MR) is 95.0 cm³/mol. The van der Waals surface area contributed by atoms with Gasteiger partial charge in [-0.15, -0.1) is 0 Å². The third-order valence-electron chi connectivity index (χ3n) is 4.44. The maximum absolute atomic E-state index is 12.0. The van der Waals surface area contributed by atoms with E-state index in [2.05, 4.69) is 20.5 Å². The standard InChI is InChI=1S/C18H24N4O2/c23-13-14-3-2-9-22(12-14)10-8-20-18(24)21-16-5-6-17-15(11-16)4-1-7-19-17/h1,4-7,11,14,23H,2-3,8-10,12-13H2,(H2,20,21,24). The van der Waals surface area contributed by atoms with Crippen molar-refractivity contribution in [1.29, 1.82) is 0 Å². The molecule has 2 amide bonds. The minimum absolute atomic E-state index is 0.200. The van der Waals surface area contributed by atoms with Gasteiger partial charge in [-0.05, 0) is 49.6 Å². The summed E-state index contributed by atoms with van der Waals surface area (Å²) in [5, 5.41) is 16.0. The van der Waals surface area contributed by atoms with E-state index in [4.69, 9.17) is 0 Å². The predicted octanol–water partition coefficient (Wildman–Crippen LogP) is 2.06. The Morgan fingerprint density at radius 2 is 2.29 bits per heavy atom. The van der Waals surface area contributed by atoms with Gasteiger partial charge in [-0.2, -0.15) is 0 Å². The van der Waals surface area contributed by atoms with Crippen molar-refractivity contribution >= 4 is 22.6 Å². The number of pyridine rings is 1. The fraction of sp³-hybridized carbons (Fsp3) is 0.444. The molecule has 1 atom stereocenters. The summed E-state index contributed by atoms with van der Waals surface area (Å²) in [7, 11) is 0. The molecule has 0 aliphatic carbocycles. The third kappa shape index (κ3) is 4.43. The van der Waals surface area contributed by atoms with Crippen LogP contribution >= 0.6 is 0 Å². The van der Waals surface area contributed by atoms with Crippen LogP contribution in [0.25, 0.3) is 10.9 Å². The number of aliphatic hydroxyl groups is 1. The summed E-state index contributed by atoms with van der Waals surface area (Å²) >= 11 is 0. The van der Waals surface area contributed by atoms with Gasteiger partial charge >= 0.3 is 6.03 Å². The van der Waals surface area contributed by atoms with Gasteiger partial charge in [-0.25, -0.2) is 4.79 Å². The number of anilines is 1. The van der Waals surface area contributed by atoms with Crippen LogP contribution < -0.4 is 10.6 Å². The second-order valence-corrected chi connectivity index (χ2v) is 6.28. The van der Waals surface area contributed by atoms with Crippen LogP contribution in [0.5, 0.6) is 0 Å². The average Bonchev–Trinajstić information content (AvgIpc) is 2.62. The Kier molecular flexibility index (Phi) is 5.61. The molecular weight excluding hydrogens is 304 g/mol. The molecule has 1 aliphatic heterocycles. The van der Waals surface area contributed by atoms with Gasteiger partial charge in [0.15, 0.2) is 0 Å². The number of piperidine rings is 1. The molecular formula is C18H24N4O2. The molecule has 6 heteroatoms. The highest BCUT2D eigenvalue weighted by molar-refractivity contribution is 5.92. The van der Waals surface area contributed by atoms with Gasteiger partial charge in [-0.3, -0.25) is 4.98 Å². The highest BCUT2D eigenvalue weighted by atomic mass is 16.3. The van der Waals surface area contributed by atoms with Crippen LogP contribution in [0.2, 0.25) is 0 Å². The second kappa shape index (κ2) is 8.08. The number of fused-ring (bicyclic) bond motifs is 1. The largest absolute Gasteiger partial charge is 0.396 e. The van der Waals surface area contributed by atoms with E-state index in [0.29, 0.717) is 12.5 Å². The zero-order valence-electron chi connectivity index (χ0n) is 13.7. The Morgan fingerprint density at radius 1 is 1.38 bits per heavy atom. The quantitative estimate of drug-likeness (QED) is 0.785. The number of aliphatic hydroxyl groups excluding tert-OH is 1. The first-order valence-corrected chi connectivity index (χ1v) is 8.47. The van der Waals surface area contributed by atoms with Crippen molar-refractivity contribution in [3.63, 3.8) is 0 Å². The van der Waals surface area contributed by atoms with Gasteiger partial charge in [0.05, 0.1) is 5.52 Å². The SMILES string of the molecule is O=C(NCCN1CCCC(CO)C1)Nc1ccc2ncccc2c1. The van der Waals surface area contributed by atoms with Gasteiger partial charge < -0.3 is 20.6 Å². The molecule has 3 N–H and O–H groups in total. The number of nitrogens with one attached hydrogen (secondary N) is 2. The van der Waals surface area contributed by atoms with Crippen molar-refractivity contribution in [3.05, 3.63) is 36.5 Å². The van der Waals surface area contributed by atoms with Crippen LogP contribution in [0.1, 0.15) is 12.8 Å². The molecule has 0 radical (unpaired) electrons. The second-order valence-electron chi connectivity index (χ2n) is 6.28. The number of nitrogens with zero attached hydrogens (tertiary/aromatic N) is 2. The zero-order valence-corrected chi connectivity index (χ0v) is 13.7. The van der Waals surface area contributed by atoms with E-state index in [0.717, 1.165) is 49.1 Å². The van der Waals surface area contributed by atoms with Gasteiger partial charge in [0.2, 0.25) is 0 Å². The molecule has 1 fully saturated rings. The lowest BCUT2D eigenvalue weighted by atomic mass is 9.99. The lowest BCUT2D eigenvalue weighted by Gasteiger charge is -2.31. The number of benzene rings is 1. The van der Waals surface area contributed by atoms with Crippen LogP contribution in [0, 0.1) is 5.92 Å². The van der Waals surface area contributed by atoms with Crippen molar-refractivity contribution in [2.24, 2.45) is 5.92 Å². The Morgan fingerprint density at radius 3 is 3.17 bits per heavy atom. The minimum atomic E-state index is -0.200. The van der Waals surface area contributed by atoms with E-state index in [1.165, 1.54) is 0 Å². The minimum Gasteiger partial charge on any atom is -0.396 e. The van der Waals surface area contributed by atoms with E-state index < -0.39 is 0 Å². The van der Waals surface area contributed by atoms with Crippen molar-refractivity contribution in [1.82, 2.24) is 15.2 Å². The Balaban J connectivity index is 1.45. The molecule has 1 aliphatic rings. The van der Waals surface area contributed by atoms with Gasteiger partial charge in [0.25, 0.3) is 0 Å². The van der Waals surface area contributed by atoms with E-state index in [1.807, 2.05) is 30.3 Å². The molecule has 0 spiro atoms. The van der Waals surface area contributed by atoms with Gasteiger partial charge in [-0.1, -0.05) is 6.07 Å². The lowest BCUT2D eigenvalue weighted by molar-refractivity contribution is 0.121.